The average Bonchev–Trinajstić information content (AvgIpc) is 2.76. The van der Waals surface area contributed by atoms with Gasteiger partial charge in [-0.3, -0.25) is 4.79 Å². The SMILES string of the molecule is CCCCCCCCC=CCCCCCCCC(=O)OC[C@H]1O[C@H](O)[C@H](O)[C@@H](O)[C@@H]1O. The van der Waals surface area contributed by atoms with E-state index in [1.165, 1.54) is 51.4 Å². The highest BCUT2D eigenvalue weighted by molar-refractivity contribution is 5.69. The molecule has 1 fully saturated rings. The molecule has 1 aliphatic rings. The maximum Gasteiger partial charge on any atom is 0.305 e. The number of carbonyl (C=O) groups excluding carboxylic acids is 1. The van der Waals surface area contributed by atoms with Crippen LogP contribution in [0.5, 0.6) is 0 Å². The summed E-state index contributed by atoms with van der Waals surface area (Å²) in [5.41, 5.74) is 0. The minimum absolute atomic E-state index is 0.272. The molecule has 7 heteroatoms. The van der Waals surface area contributed by atoms with Gasteiger partial charge in [-0.1, -0.05) is 70.4 Å². The van der Waals surface area contributed by atoms with Gasteiger partial charge in [-0.25, -0.2) is 0 Å². The van der Waals surface area contributed by atoms with E-state index < -0.39 is 36.7 Å². The first-order valence-corrected chi connectivity index (χ1v) is 12.2. The van der Waals surface area contributed by atoms with Crippen LogP contribution in [0.25, 0.3) is 0 Å². The van der Waals surface area contributed by atoms with Gasteiger partial charge in [0, 0.05) is 6.42 Å². The smallest absolute Gasteiger partial charge is 0.305 e. The summed E-state index contributed by atoms with van der Waals surface area (Å²) in [6.45, 7) is 1.97. The molecule has 0 aliphatic carbocycles. The highest BCUT2D eigenvalue weighted by Crippen LogP contribution is 2.20. The van der Waals surface area contributed by atoms with Crippen LogP contribution < -0.4 is 0 Å². The highest BCUT2D eigenvalue weighted by atomic mass is 16.6. The zero-order valence-electron chi connectivity index (χ0n) is 19.2. The monoisotopic (exact) mass is 444 g/mol. The predicted molar refractivity (Wildman–Crippen MR) is 119 cm³/mol. The molecular formula is C24H44O7. The number of aliphatic hydroxyl groups is 4. The number of esters is 1. The first-order valence-electron chi connectivity index (χ1n) is 12.2. The molecule has 0 aromatic carbocycles. The Balaban J connectivity index is 1.93. The van der Waals surface area contributed by atoms with Gasteiger partial charge in [0.15, 0.2) is 6.29 Å². The standard InChI is InChI=1S/C24H44O7/c1-2-3-4-5-6-7-8-9-10-11-12-13-14-15-16-17-20(25)30-18-19-21(26)22(27)23(28)24(29)31-19/h9-10,19,21-24,26-29H,2-8,11-18H2,1H3/t19-,21-,22+,23-,24+/m1/s1. The van der Waals surface area contributed by atoms with Crippen molar-refractivity contribution < 1.29 is 34.7 Å². The number of hydrogen-bond acceptors (Lipinski definition) is 7. The van der Waals surface area contributed by atoms with E-state index in [-0.39, 0.29) is 13.0 Å². The van der Waals surface area contributed by atoms with Crippen molar-refractivity contribution in [2.24, 2.45) is 0 Å². The van der Waals surface area contributed by atoms with E-state index in [1.807, 2.05) is 0 Å². The third kappa shape index (κ3) is 12.6. The van der Waals surface area contributed by atoms with Crippen molar-refractivity contribution in [2.45, 2.75) is 128 Å². The molecule has 0 saturated carbocycles. The molecule has 1 saturated heterocycles. The summed E-state index contributed by atoms with van der Waals surface area (Å²) in [6, 6.07) is 0. The van der Waals surface area contributed by atoms with Crippen LogP contribution >= 0.6 is 0 Å². The molecule has 5 atom stereocenters. The number of carbonyl (C=O) groups is 1. The summed E-state index contributed by atoms with van der Waals surface area (Å²) in [4.78, 5) is 11.8. The lowest BCUT2D eigenvalue weighted by Crippen LogP contribution is -2.58. The lowest BCUT2D eigenvalue weighted by molar-refractivity contribution is -0.287. The molecule has 0 aromatic heterocycles. The second kappa shape index (κ2) is 17.6. The topological polar surface area (TPSA) is 116 Å². The number of rotatable bonds is 17. The fourth-order valence-electron chi connectivity index (χ4n) is 3.66. The van der Waals surface area contributed by atoms with E-state index in [0.717, 1.165) is 32.1 Å². The third-order valence-corrected chi connectivity index (χ3v) is 5.74. The van der Waals surface area contributed by atoms with E-state index in [9.17, 15) is 25.2 Å². The Morgan fingerprint density at radius 3 is 1.94 bits per heavy atom. The summed E-state index contributed by atoms with van der Waals surface area (Å²) in [7, 11) is 0. The molecule has 0 aromatic rings. The molecule has 1 rings (SSSR count). The first-order chi connectivity index (χ1) is 15.0. The van der Waals surface area contributed by atoms with Crippen LogP contribution in [0.4, 0.5) is 0 Å². The van der Waals surface area contributed by atoms with Crippen molar-refractivity contribution in [2.75, 3.05) is 6.61 Å². The summed E-state index contributed by atoms with van der Waals surface area (Å²) < 4.78 is 10.0. The minimum Gasteiger partial charge on any atom is -0.463 e. The van der Waals surface area contributed by atoms with Gasteiger partial charge in [-0.2, -0.15) is 0 Å². The van der Waals surface area contributed by atoms with Gasteiger partial charge in [0.25, 0.3) is 0 Å². The second-order valence-corrected chi connectivity index (χ2v) is 8.55. The van der Waals surface area contributed by atoms with E-state index in [1.54, 1.807) is 0 Å². The Morgan fingerprint density at radius 1 is 0.774 bits per heavy atom. The fraction of sp³-hybridized carbons (Fsp3) is 0.875. The Bertz CT molecular complexity index is 483. The van der Waals surface area contributed by atoms with Crippen LogP contribution in [0, 0.1) is 0 Å². The number of ether oxygens (including phenoxy) is 2. The van der Waals surface area contributed by atoms with Crippen LogP contribution in [0.1, 0.15) is 96.8 Å². The van der Waals surface area contributed by atoms with Gasteiger partial charge >= 0.3 is 5.97 Å². The van der Waals surface area contributed by atoms with Crippen LogP contribution in [0.15, 0.2) is 12.2 Å². The van der Waals surface area contributed by atoms with Crippen LogP contribution in [0.2, 0.25) is 0 Å². The quantitative estimate of drug-likeness (QED) is 0.154. The van der Waals surface area contributed by atoms with E-state index in [4.69, 9.17) is 9.47 Å². The molecule has 0 amide bonds. The first kappa shape index (κ1) is 28.0. The summed E-state index contributed by atoms with van der Waals surface area (Å²) >= 11 is 0. The molecule has 4 N–H and O–H groups in total. The predicted octanol–water partition coefficient (Wildman–Crippen LogP) is 3.37. The normalized spacial score (nSPS) is 26.4. The van der Waals surface area contributed by atoms with Crippen molar-refractivity contribution >= 4 is 5.97 Å². The van der Waals surface area contributed by atoms with Gasteiger partial charge in [0.1, 0.15) is 31.0 Å². The second-order valence-electron chi connectivity index (χ2n) is 8.55. The minimum atomic E-state index is -1.62. The Hall–Kier alpha value is -0.990. The molecule has 0 radical (unpaired) electrons. The van der Waals surface area contributed by atoms with E-state index in [2.05, 4.69) is 19.1 Å². The Kier molecular flexibility index (Phi) is 15.9. The molecule has 0 unspecified atom stereocenters. The summed E-state index contributed by atoms with van der Waals surface area (Å²) in [6.07, 6.45) is 13.1. The maximum atomic E-state index is 11.8. The van der Waals surface area contributed by atoms with Gasteiger partial charge < -0.3 is 29.9 Å². The largest absolute Gasteiger partial charge is 0.463 e. The van der Waals surface area contributed by atoms with Gasteiger partial charge in [-0.15, -0.1) is 0 Å². The molecule has 1 aliphatic heterocycles. The molecule has 7 nitrogen and oxygen atoms in total. The van der Waals surface area contributed by atoms with Crippen molar-refractivity contribution in [1.82, 2.24) is 0 Å². The highest BCUT2D eigenvalue weighted by Gasteiger charge is 2.43. The maximum absolute atomic E-state index is 11.8. The lowest BCUT2D eigenvalue weighted by Gasteiger charge is -2.37. The lowest BCUT2D eigenvalue weighted by atomic mass is 9.99. The van der Waals surface area contributed by atoms with E-state index >= 15 is 0 Å². The molecular weight excluding hydrogens is 400 g/mol. The third-order valence-electron chi connectivity index (χ3n) is 5.74. The number of aliphatic hydroxyl groups excluding tert-OH is 4. The van der Waals surface area contributed by atoms with Gasteiger partial charge in [-0.05, 0) is 32.1 Å². The van der Waals surface area contributed by atoms with Gasteiger partial charge in [0.2, 0.25) is 0 Å². The Morgan fingerprint density at radius 2 is 1.32 bits per heavy atom. The van der Waals surface area contributed by atoms with Crippen LogP contribution in [0.3, 0.4) is 0 Å². The molecule has 182 valence electrons. The summed E-state index contributed by atoms with van der Waals surface area (Å²) in [5, 5.41) is 38.3. The zero-order valence-corrected chi connectivity index (χ0v) is 19.2. The van der Waals surface area contributed by atoms with Crippen molar-refractivity contribution in [3.63, 3.8) is 0 Å². The number of unbranched alkanes of at least 4 members (excludes halogenated alkanes) is 11. The van der Waals surface area contributed by atoms with Crippen molar-refractivity contribution in [3.05, 3.63) is 12.2 Å². The van der Waals surface area contributed by atoms with Crippen LogP contribution in [-0.4, -0.2) is 63.7 Å². The Labute approximate surface area is 187 Å². The molecule has 0 spiro atoms. The van der Waals surface area contributed by atoms with E-state index in [0.29, 0.717) is 0 Å². The van der Waals surface area contributed by atoms with Crippen molar-refractivity contribution in [1.29, 1.82) is 0 Å². The van der Waals surface area contributed by atoms with Crippen LogP contribution in [-0.2, 0) is 14.3 Å². The average molecular weight is 445 g/mol. The molecule has 31 heavy (non-hydrogen) atoms. The fourth-order valence-corrected chi connectivity index (χ4v) is 3.66. The van der Waals surface area contributed by atoms with Crippen molar-refractivity contribution in [3.8, 4) is 0 Å². The number of hydrogen-bond donors (Lipinski definition) is 4. The summed E-state index contributed by atoms with van der Waals surface area (Å²) in [5.74, 6) is -0.400. The molecule has 1 heterocycles. The zero-order chi connectivity index (χ0) is 22.9. The molecule has 0 bridgehead atoms. The van der Waals surface area contributed by atoms with Gasteiger partial charge in [0.05, 0.1) is 0 Å². The number of allylic oxidation sites excluding steroid dienone is 2.